The van der Waals surface area contributed by atoms with E-state index in [1.807, 2.05) is 20.8 Å². The normalized spacial score (nSPS) is 12.0. The number of anilines is 5. The van der Waals surface area contributed by atoms with Crippen LogP contribution < -0.4 is 134 Å². The number of thiazole rings is 2. The number of azo groups is 1. The van der Waals surface area contributed by atoms with Crippen LogP contribution in [0.4, 0.5) is 39.6 Å². The molecule has 1 N–H and O–H groups in total. The molecule has 0 saturated carbocycles. The number of nitrogens with one attached hydrogen (secondary N) is 1. The van der Waals surface area contributed by atoms with E-state index in [2.05, 4.69) is 25.9 Å². The van der Waals surface area contributed by atoms with Crippen molar-refractivity contribution in [2.45, 2.75) is 94.2 Å². The van der Waals surface area contributed by atoms with Gasteiger partial charge in [0.25, 0.3) is 0 Å². The quantitative estimate of drug-likeness (QED) is 0.0291. The van der Waals surface area contributed by atoms with Gasteiger partial charge in [-0.1, -0.05) is 55.6 Å². The van der Waals surface area contributed by atoms with Crippen LogP contribution in [0.3, 0.4) is 0 Å². The fourth-order valence-electron chi connectivity index (χ4n) is 8.63. The molecule has 0 spiro atoms. The van der Waals surface area contributed by atoms with Gasteiger partial charge in [0.15, 0.2) is 16.8 Å². The van der Waals surface area contributed by atoms with Crippen LogP contribution in [0.25, 0.3) is 25.6 Å². The molecule has 8 aromatic rings. The molecule has 8 rings (SSSR count). The second-order valence-corrected chi connectivity index (χ2v) is 24.8. The van der Waals surface area contributed by atoms with Crippen LogP contribution in [-0.2, 0) is 45.1 Å². The molecule has 0 unspecified atom stereocenters. The molecule has 4 aromatic heterocycles. The number of fused-ring (bicyclic) bond motifs is 2. The molecular formula is C46H40N10Na4O12S6. The van der Waals surface area contributed by atoms with Gasteiger partial charge in [-0.15, -0.1) is 10.2 Å². The summed E-state index contributed by atoms with van der Waals surface area (Å²) in [5, 5.41) is 42.5. The Morgan fingerprint density at radius 3 is 1.90 bits per heavy atom. The first-order chi connectivity index (χ1) is 34.5. The largest absolute Gasteiger partial charge is 1.00 e. The summed E-state index contributed by atoms with van der Waals surface area (Å²) >= 11 is 2.79. The zero-order chi connectivity index (χ0) is 54.1. The third-order valence-electron chi connectivity index (χ3n) is 11.6. The van der Waals surface area contributed by atoms with Gasteiger partial charge in [0.1, 0.15) is 53.5 Å². The first kappa shape index (κ1) is 68.2. The SMILES string of the molecule is Cc1cc(N(c2nc3ccc(S(=O)(=O)[O-])cc3s2)c2c(C)cc(C)c(S(=O)(=O)[O-])c2C)nc(Nc2c(C)cc(C)c(S(=O)(=O)[O-])c2C)c1N=Nc1c(C#N)c(C(C)(C)C)nn1-c1nc2ccc(SOO[O-])cc2s1.[Na+].[Na+].[Na+].[Na+]. The number of nitriles is 1. The third-order valence-corrected chi connectivity index (χ3v) is 17.2. The van der Waals surface area contributed by atoms with Crippen molar-refractivity contribution in [2.24, 2.45) is 10.2 Å². The summed E-state index contributed by atoms with van der Waals surface area (Å²) in [6.45, 7) is 16.4. The number of nitrogens with zero attached hydrogens (tertiary/aromatic N) is 9. The Bertz CT molecular complexity index is 4090. The first-order valence-electron chi connectivity index (χ1n) is 21.6. The molecule has 4 aromatic carbocycles. The zero-order valence-electron chi connectivity index (χ0n) is 44.6. The Labute approximate surface area is 550 Å². The van der Waals surface area contributed by atoms with E-state index in [-0.39, 0.29) is 201 Å². The van der Waals surface area contributed by atoms with Crippen LogP contribution in [0.2, 0.25) is 0 Å². The van der Waals surface area contributed by atoms with Crippen molar-refractivity contribution in [3.05, 3.63) is 105 Å². The molecule has 32 heteroatoms. The fourth-order valence-corrected chi connectivity index (χ4v) is 13.5. The van der Waals surface area contributed by atoms with E-state index in [4.69, 9.17) is 25.2 Å². The van der Waals surface area contributed by atoms with E-state index in [1.165, 1.54) is 66.8 Å². The molecule has 22 nitrogen and oxygen atoms in total. The van der Waals surface area contributed by atoms with Crippen LogP contribution in [0.5, 0.6) is 0 Å². The van der Waals surface area contributed by atoms with E-state index >= 15 is 0 Å². The molecule has 78 heavy (non-hydrogen) atoms. The van der Waals surface area contributed by atoms with Crippen molar-refractivity contribution < 1.29 is 172 Å². The Kier molecular flexibility index (Phi) is 22.8. The molecule has 386 valence electrons. The maximum atomic E-state index is 12.9. The summed E-state index contributed by atoms with van der Waals surface area (Å²) in [5.74, 6) is -0.160. The van der Waals surface area contributed by atoms with Crippen LogP contribution in [-0.4, -0.2) is 63.6 Å². The number of aryl methyl sites for hydroxylation is 5. The van der Waals surface area contributed by atoms with Gasteiger partial charge >= 0.3 is 118 Å². The Morgan fingerprint density at radius 2 is 1.31 bits per heavy atom. The summed E-state index contributed by atoms with van der Waals surface area (Å²) in [6, 6.07) is 15.4. The smallest absolute Gasteiger partial charge is 0.744 e. The summed E-state index contributed by atoms with van der Waals surface area (Å²) in [5.41, 5.74) is 2.38. The predicted molar refractivity (Wildman–Crippen MR) is 271 cm³/mol. The number of rotatable bonds is 14. The minimum atomic E-state index is -5.11. The number of hydrogen-bond acceptors (Lipinski definition) is 24. The summed E-state index contributed by atoms with van der Waals surface area (Å²) < 4.78 is 120. The molecule has 0 fully saturated rings. The minimum absolute atomic E-state index is 0. The van der Waals surface area contributed by atoms with Gasteiger partial charge in [0.05, 0.1) is 58.5 Å². The van der Waals surface area contributed by atoms with Gasteiger partial charge in [0, 0.05) is 16.0 Å². The predicted octanol–water partition coefficient (Wildman–Crippen LogP) is -2.60. The van der Waals surface area contributed by atoms with E-state index in [9.17, 15) is 49.4 Å². The second-order valence-electron chi connectivity index (χ2n) is 18.0. The monoisotopic (exact) mass is 1210 g/mol. The third kappa shape index (κ3) is 14.0. The second kappa shape index (κ2) is 26.1. The molecule has 0 aliphatic carbocycles. The van der Waals surface area contributed by atoms with Crippen molar-refractivity contribution in [3.8, 4) is 11.2 Å². The van der Waals surface area contributed by atoms with E-state index in [0.29, 0.717) is 49.5 Å². The minimum Gasteiger partial charge on any atom is -0.744 e. The molecule has 4 heterocycles. The summed E-state index contributed by atoms with van der Waals surface area (Å²) in [7, 11) is -15.1. The average Bonchev–Trinajstić information content (AvgIpc) is 4.01. The van der Waals surface area contributed by atoms with Crippen LogP contribution >= 0.6 is 34.7 Å². The van der Waals surface area contributed by atoms with Crippen LogP contribution in [0.1, 0.15) is 71.0 Å². The molecular weight excluding hydrogens is 1170 g/mol. The van der Waals surface area contributed by atoms with Crippen molar-refractivity contribution in [3.63, 3.8) is 0 Å². The van der Waals surface area contributed by atoms with Gasteiger partial charge in [-0.05, 0) is 130 Å². The van der Waals surface area contributed by atoms with Gasteiger partial charge in [0.2, 0.25) is 5.13 Å². The molecule has 0 radical (unpaired) electrons. The van der Waals surface area contributed by atoms with Gasteiger partial charge in [-0.3, -0.25) is 9.94 Å². The molecule has 0 atom stereocenters. The summed E-state index contributed by atoms with van der Waals surface area (Å²) in [6.07, 6.45) is 0. The van der Waals surface area contributed by atoms with Gasteiger partial charge in [-0.2, -0.15) is 19.4 Å². The van der Waals surface area contributed by atoms with Gasteiger partial charge < -0.3 is 24.2 Å². The maximum Gasteiger partial charge on any atom is 1.00 e. The molecule has 0 saturated heterocycles. The van der Waals surface area contributed by atoms with Crippen molar-refractivity contribution in [1.82, 2.24) is 24.7 Å². The van der Waals surface area contributed by atoms with Crippen molar-refractivity contribution in [1.29, 1.82) is 5.26 Å². The Balaban J connectivity index is 0.00000328. The fraction of sp³-hybridized carbons (Fsp3) is 0.239. The van der Waals surface area contributed by atoms with Crippen LogP contribution in [0, 0.1) is 59.8 Å². The number of pyridine rings is 1. The zero-order valence-corrected chi connectivity index (χ0v) is 57.5. The van der Waals surface area contributed by atoms with E-state index in [0.717, 1.165) is 23.5 Å². The number of aromatic nitrogens is 5. The van der Waals surface area contributed by atoms with Gasteiger partial charge in [-0.25, -0.2) is 40.2 Å². The summed E-state index contributed by atoms with van der Waals surface area (Å²) in [4.78, 5) is 15.0. The molecule has 0 bridgehead atoms. The molecule has 0 aliphatic heterocycles. The topological polar surface area (TPSA) is 333 Å². The Morgan fingerprint density at radius 1 is 0.718 bits per heavy atom. The standard InChI is InChI=1S/C46H44N10O12S6.4Na/c1-21-15-24(4)39(73(61,62)63)26(6)36(21)51-42-37(52-53-43-30(20-47)41(46(8,9)10)54-56(43)45-49-31-13-11-28(71-68-67-57)18-33(31)70-45)22(2)17-35(50-42)55(38-23(3)16-25(5)40(27(38)7)74(64,65)66)44-48-32-14-12-29(72(58,59)60)19-34(32)69-44;;;;/h11-19,57H,1-10H3,(H,50,51)(H,58,59,60)(H,61,62,63)(H,64,65,66);;;;/q;4*+1/p-4. The van der Waals surface area contributed by atoms with E-state index in [1.54, 1.807) is 45.0 Å². The van der Waals surface area contributed by atoms with E-state index < -0.39 is 50.5 Å². The average molecular weight is 1210 g/mol. The molecule has 0 amide bonds. The van der Waals surface area contributed by atoms with Crippen molar-refractivity contribution in [2.75, 3.05) is 10.2 Å². The Hall–Kier alpha value is -2.33. The first-order valence-corrected chi connectivity index (χ1v) is 28.2. The molecule has 0 aliphatic rings. The van der Waals surface area contributed by atoms with Crippen LogP contribution in [0.15, 0.2) is 84.4 Å². The maximum absolute atomic E-state index is 12.9. The number of hydrogen-bond donors (Lipinski definition) is 1. The van der Waals surface area contributed by atoms with Crippen molar-refractivity contribution >= 4 is 125 Å². The number of benzene rings is 4.